The van der Waals surface area contributed by atoms with Crippen molar-refractivity contribution in [2.75, 3.05) is 20.8 Å². The lowest BCUT2D eigenvalue weighted by atomic mass is 9.92. The van der Waals surface area contributed by atoms with Gasteiger partial charge in [0.15, 0.2) is 11.5 Å². The van der Waals surface area contributed by atoms with Crippen LogP contribution in [0.5, 0.6) is 11.5 Å². The number of carbonyl (C=O) groups excluding carboxylic acids is 1. The van der Waals surface area contributed by atoms with E-state index in [1.54, 1.807) is 25.2 Å². The van der Waals surface area contributed by atoms with E-state index in [1.165, 1.54) is 5.56 Å². The summed E-state index contributed by atoms with van der Waals surface area (Å²) in [6, 6.07) is 11.1. The molecule has 0 saturated carbocycles. The van der Waals surface area contributed by atoms with Crippen molar-refractivity contribution >= 4 is 11.6 Å². The summed E-state index contributed by atoms with van der Waals surface area (Å²) in [5.74, 6) is 2.00. The predicted octanol–water partition coefficient (Wildman–Crippen LogP) is 5.67. The number of rotatable bonds is 8. The summed E-state index contributed by atoms with van der Waals surface area (Å²) in [6.07, 6.45) is 1.88. The highest BCUT2D eigenvalue weighted by Gasteiger charge is 2.35. The fourth-order valence-electron chi connectivity index (χ4n) is 4.26. The molecule has 1 atom stereocenters. The predicted molar refractivity (Wildman–Crippen MR) is 134 cm³/mol. The number of aromatic nitrogens is 2. The third-order valence-corrected chi connectivity index (χ3v) is 6.49. The lowest BCUT2D eigenvalue weighted by Gasteiger charge is -2.35. The molecule has 8 nitrogen and oxygen atoms in total. The van der Waals surface area contributed by atoms with Gasteiger partial charge >= 0.3 is 6.03 Å². The summed E-state index contributed by atoms with van der Waals surface area (Å²) in [7, 11) is 3.18. The molecule has 0 spiro atoms. The van der Waals surface area contributed by atoms with Crippen molar-refractivity contribution < 1.29 is 18.8 Å². The average Bonchev–Trinajstić information content (AvgIpc) is 3.34. The van der Waals surface area contributed by atoms with Gasteiger partial charge in [0.05, 0.1) is 25.8 Å². The Morgan fingerprint density at radius 2 is 1.80 bits per heavy atom. The van der Waals surface area contributed by atoms with Gasteiger partial charge in [-0.1, -0.05) is 36.7 Å². The molecule has 2 heterocycles. The molecule has 0 fully saturated rings. The van der Waals surface area contributed by atoms with Gasteiger partial charge in [0.1, 0.15) is 0 Å². The van der Waals surface area contributed by atoms with Crippen LogP contribution in [-0.2, 0) is 0 Å². The van der Waals surface area contributed by atoms with Gasteiger partial charge in [0.2, 0.25) is 5.82 Å². The van der Waals surface area contributed by atoms with E-state index in [1.807, 2.05) is 25.1 Å². The molecular formula is C27H32N4O4. The molecule has 1 aliphatic heterocycles. The van der Waals surface area contributed by atoms with E-state index in [-0.39, 0.29) is 6.03 Å². The first-order valence-electron chi connectivity index (χ1n) is 11.8. The van der Waals surface area contributed by atoms with Crippen molar-refractivity contribution in [1.82, 2.24) is 20.4 Å². The van der Waals surface area contributed by atoms with Crippen molar-refractivity contribution in [3.8, 4) is 22.9 Å². The molecule has 1 N–H and O–H groups in total. The number of unbranched alkanes of at least 4 members (excludes halogenated alkanes) is 1. The van der Waals surface area contributed by atoms with Crippen LogP contribution in [0.1, 0.15) is 55.3 Å². The van der Waals surface area contributed by atoms with E-state index in [2.05, 4.69) is 43.4 Å². The number of nitrogens with zero attached hydrogens (tertiary/aromatic N) is 3. The fourth-order valence-corrected chi connectivity index (χ4v) is 4.26. The number of ether oxygens (including phenoxy) is 2. The Bertz CT molecular complexity index is 1260. The van der Waals surface area contributed by atoms with E-state index in [0.29, 0.717) is 29.8 Å². The number of methoxy groups -OCH3 is 2. The van der Waals surface area contributed by atoms with Crippen LogP contribution in [0.15, 0.2) is 46.6 Å². The van der Waals surface area contributed by atoms with Gasteiger partial charge in [0, 0.05) is 17.8 Å². The smallest absolute Gasteiger partial charge is 0.322 e. The number of benzene rings is 2. The Morgan fingerprint density at radius 3 is 2.49 bits per heavy atom. The molecule has 2 amide bonds. The van der Waals surface area contributed by atoms with E-state index in [0.717, 1.165) is 40.8 Å². The molecular weight excluding hydrogens is 444 g/mol. The van der Waals surface area contributed by atoms with Crippen molar-refractivity contribution in [2.24, 2.45) is 0 Å². The maximum Gasteiger partial charge on any atom is 0.322 e. The summed E-state index contributed by atoms with van der Waals surface area (Å²) in [5, 5.41) is 7.41. The molecule has 35 heavy (non-hydrogen) atoms. The van der Waals surface area contributed by atoms with Gasteiger partial charge in [-0.2, -0.15) is 4.98 Å². The van der Waals surface area contributed by atoms with E-state index in [4.69, 9.17) is 19.0 Å². The highest BCUT2D eigenvalue weighted by atomic mass is 16.5. The third-order valence-electron chi connectivity index (χ3n) is 6.49. The molecule has 1 unspecified atom stereocenters. The van der Waals surface area contributed by atoms with Crippen molar-refractivity contribution in [2.45, 2.75) is 46.6 Å². The molecule has 1 aromatic heterocycles. The SMILES string of the molecule is CCCCN1C(=O)NC(c2ccc(C)c(C)c2)C(c2nc(-c3ccc(OC)c(OC)c3)no2)=C1C. The summed E-state index contributed by atoms with van der Waals surface area (Å²) < 4.78 is 16.5. The molecule has 2 aromatic carbocycles. The fraction of sp³-hybridized carbons (Fsp3) is 0.370. The molecule has 1 aliphatic rings. The Balaban J connectivity index is 1.80. The largest absolute Gasteiger partial charge is 0.493 e. The van der Waals surface area contributed by atoms with Gasteiger partial charge in [0.25, 0.3) is 5.89 Å². The Kier molecular flexibility index (Phi) is 7.10. The Labute approximate surface area is 205 Å². The highest BCUT2D eigenvalue weighted by molar-refractivity contribution is 5.87. The van der Waals surface area contributed by atoms with Gasteiger partial charge in [-0.3, -0.25) is 4.90 Å². The molecule has 0 bridgehead atoms. The first-order valence-corrected chi connectivity index (χ1v) is 11.8. The number of aryl methyl sites for hydroxylation is 2. The Hall–Kier alpha value is -3.81. The second kappa shape index (κ2) is 10.2. The van der Waals surface area contributed by atoms with Crippen molar-refractivity contribution in [3.05, 3.63) is 64.7 Å². The summed E-state index contributed by atoms with van der Waals surface area (Å²) in [6.45, 7) is 8.80. The highest BCUT2D eigenvalue weighted by Crippen LogP contribution is 2.38. The van der Waals surface area contributed by atoms with Crippen molar-refractivity contribution in [3.63, 3.8) is 0 Å². The maximum atomic E-state index is 13.1. The molecule has 0 saturated heterocycles. The maximum absolute atomic E-state index is 13.1. The van der Waals surface area contributed by atoms with Crippen LogP contribution < -0.4 is 14.8 Å². The number of urea groups is 1. The quantitative estimate of drug-likeness (QED) is 0.451. The first kappa shape index (κ1) is 24.3. The van der Waals surface area contributed by atoms with Gasteiger partial charge in [-0.05, 0) is 62.1 Å². The van der Waals surface area contributed by atoms with Crippen LogP contribution in [0.3, 0.4) is 0 Å². The van der Waals surface area contributed by atoms with Crippen LogP contribution in [0.25, 0.3) is 17.0 Å². The van der Waals surface area contributed by atoms with Crippen LogP contribution in [-0.4, -0.2) is 41.8 Å². The van der Waals surface area contributed by atoms with Gasteiger partial charge in [-0.15, -0.1) is 0 Å². The van der Waals surface area contributed by atoms with Crippen LogP contribution in [0.2, 0.25) is 0 Å². The number of nitrogens with one attached hydrogen (secondary N) is 1. The van der Waals surface area contributed by atoms with Gasteiger partial charge < -0.3 is 19.3 Å². The summed E-state index contributed by atoms with van der Waals surface area (Å²) in [5.41, 5.74) is 5.66. The standard InChI is InChI=1S/C27H32N4O4/c1-7-8-13-31-18(4)23(24(28-27(31)32)19-10-9-16(2)17(3)14-19)26-29-25(30-35-26)20-11-12-21(33-5)22(15-20)34-6/h9-12,14-15,24H,7-8,13H2,1-6H3,(H,28,32). The zero-order valence-corrected chi connectivity index (χ0v) is 21.1. The molecule has 0 aliphatic carbocycles. The second-order valence-electron chi connectivity index (χ2n) is 8.72. The van der Waals surface area contributed by atoms with E-state index in [9.17, 15) is 4.79 Å². The zero-order chi connectivity index (χ0) is 25.1. The lowest BCUT2D eigenvalue weighted by molar-refractivity contribution is 0.204. The molecule has 184 valence electrons. The second-order valence-corrected chi connectivity index (χ2v) is 8.72. The minimum absolute atomic E-state index is 0.123. The number of allylic oxidation sites excluding steroid dienone is 1. The summed E-state index contributed by atoms with van der Waals surface area (Å²) in [4.78, 5) is 19.6. The lowest BCUT2D eigenvalue weighted by Crippen LogP contribution is -2.46. The van der Waals surface area contributed by atoms with Crippen LogP contribution in [0.4, 0.5) is 4.79 Å². The average molecular weight is 477 g/mol. The normalized spacial score (nSPS) is 15.9. The number of hydrogen-bond acceptors (Lipinski definition) is 6. The molecule has 3 aromatic rings. The van der Waals surface area contributed by atoms with Crippen LogP contribution in [0, 0.1) is 13.8 Å². The zero-order valence-electron chi connectivity index (χ0n) is 21.1. The number of carbonyl (C=O) groups is 1. The van der Waals surface area contributed by atoms with Crippen LogP contribution >= 0.6 is 0 Å². The first-order chi connectivity index (χ1) is 16.9. The number of amides is 2. The molecule has 8 heteroatoms. The minimum Gasteiger partial charge on any atom is -0.493 e. The third kappa shape index (κ3) is 4.73. The van der Waals surface area contributed by atoms with Gasteiger partial charge in [-0.25, -0.2) is 4.79 Å². The summed E-state index contributed by atoms with van der Waals surface area (Å²) >= 11 is 0. The molecule has 4 rings (SSSR count). The van der Waals surface area contributed by atoms with Crippen molar-refractivity contribution in [1.29, 1.82) is 0 Å². The minimum atomic E-state index is -0.404. The van der Waals surface area contributed by atoms with E-state index >= 15 is 0 Å². The van der Waals surface area contributed by atoms with E-state index < -0.39 is 6.04 Å². The molecule has 0 radical (unpaired) electrons. The topological polar surface area (TPSA) is 89.7 Å². The monoisotopic (exact) mass is 476 g/mol. The number of hydrogen-bond donors (Lipinski definition) is 1. The Morgan fingerprint density at radius 1 is 1.03 bits per heavy atom.